The molecule has 0 bridgehead atoms. The summed E-state index contributed by atoms with van der Waals surface area (Å²) in [5.41, 5.74) is 0. The van der Waals surface area contributed by atoms with Gasteiger partial charge in [-0.15, -0.1) is 0 Å². The third-order valence-corrected chi connectivity index (χ3v) is 7.83. The molecule has 3 nitrogen and oxygen atoms in total. The Morgan fingerprint density at radius 3 is 0.386 bits per heavy atom. The van der Waals surface area contributed by atoms with Crippen LogP contribution >= 0.6 is 8.25 Å². The maximum atomic E-state index is 8.74. The third-order valence-electron chi connectivity index (χ3n) is 7.83. The van der Waals surface area contributed by atoms with Crippen molar-refractivity contribution in [2.45, 2.75) is 261 Å². The van der Waals surface area contributed by atoms with Crippen molar-refractivity contribution in [1.82, 2.24) is 0 Å². The summed E-state index contributed by atoms with van der Waals surface area (Å²) < 4.78 is 8.74. The number of rotatable bonds is 28. The summed E-state index contributed by atoms with van der Waals surface area (Å²) >= 11 is 0. The van der Waals surface area contributed by atoms with Gasteiger partial charge >= 0.3 is 8.25 Å². The van der Waals surface area contributed by atoms with E-state index in [-0.39, 0.29) is 0 Å². The molecule has 0 rings (SSSR count). The molecule has 0 saturated carbocycles. The van der Waals surface area contributed by atoms with Crippen LogP contribution < -0.4 is 0 Å². The van der Waals surface area contributed by atoms with Crippen LogP contribution in [0, 0.1) is 0 Å². The molecule has 0 unspecified atom stereocenters. The second-order valence-electron chi connectivity index (χ2n) is 12.8. The third kappa shape index (κ3) is 90.1. The molecule has 0 aromatic heterocycles. The fourth-order valence-electron chi connectivity index (χ4n) is 4.83. The van der Waals surface area contributed by atoms with Crippen molar-refractivity contribution in [3.63, 3.8) is 0 Å². The Balaban J connectivity index is -0.000000147. The minimum atomic E-state index is -3.13. The van der Waals surface area contributed by atoms with Crippen molar-refractivity contribution in [3.05, 3.63) is 0 Å². The molecule has 0 spiro atoms. The molecular formula is C40H91O3P. The Bertz CT molecular complexity index is 317. The molecule has 0 fully saturated rings. The molecule has 0 aliphatic carbocycles. The topological polar surface area (TPSA) is 57.5 Å². The molecule has 0 atom stereocenters. The van der Waals surface area contributed by atoms with E-state index in [1.807, 2.05) is 0 Å². The highest BCUT2D eigenvalue weighted by molar-refractivity contribution is 7.30. The van der Waals surface area contributed by atoms with E-state index < -0.39 is 8.25 Å². The fourth-order valence-corrected chi connectivity index (χ4v) is 4.83. The van der Waals surface area contributed by atoms with E-state index in [0.29, 0.717) is 0 Å². The molecule has 0 aliphatic heterocycles. The minimum absolute atomic E-state index is 1.37. The first-order valence-corrected chi connectivity index (χ1v) is 21.6. The lowest BCUT2D eigenvalue weighted by molar-refractivity contribution is 0.405. The minimum Gasteiger partial charge on any atom is -0.326 e. The van der Waals surface area contributed by atoms with Gasteiger partial charge < -0.3 is 9.79 Å². The predicted molar refractivity (Wildman–Crippen MR) is 207 cm³/mol. The van der Waals surface area contributed by atoms with E-state index in [0.717, 1.165) is 0 Å². The fraction of sp³-hybridized carbons (Fsp3) is 1.00. The van der Waals surface area contributed by atoms with Gasteiger partial charge in [0, 0.05) is 0 Å². The summed E-state index contributed by atoms with van der Waals surface area (Å²) in [5, 5.41) is 0. The van der Waals surface area contributed by atoms with E-state index in [1.165, 1.54) is 205 Å². The Kier molecular flexibility index (Phi) is 75.6. The summed E-state index contributed by atoms with van der Waals surface area (Å²) in [7, 11) is -3.13. The zero-order valence-electron chi connectivity index (χ0n) is 32.4. The second-order valence-corrected chi connectivity index (χ2v) is 13.3. The largest absolute Gasteiger partial charge is 0.326 e. The van der Waals surface area contributed by atoms with Gasteiger partial charge in [0.15, 0.2) is 0 Å². The quantitative estimate of drug-likeness (QED) is 0.0654. The summed E-state index contributed by atoms with van der Waals surface area (Å²) in [6.45, 7) is 18.2. The van der Waals surface area contributed by atoms with Crippen molar-refractivity contribution in [2.75, 3.05) is 0 Å². The van der Waals surface area contributed by atoms with Gasteiger partial charge in [-0.3, -0.25) is 4.57 Å². The maximum absolute atomic E-state index is 8.74. The van der Waals surface area contributed by atoms with Crippen LogP contribution in [-0.2, 0) is 4.57 Å². The Morgan fingerprint density at radius 1 is 0.250 bits per heavy atom. The van der Waals surface area contributed by atoms with E-state index in [1.54, 1.807) is 0 Å². The molecule has 0 heterocycles. The molecule has 44 heavy (non-hydrogen) atoms. The van der Waals surface area contributed by atoms with Crippen LogP contribution in [0.3, 0.4) is 0 Å². The summed E-state index contributed by atoms with van der Waals surface area (Å²) in [5.74, 6) is 0. The average molecular weight is 651 g/mol. The molecule has 274 valence electrons. The zero-order chi connectivity index (χ0) is 34.2. The molecule has 4 heteroatoms. The van der Waals surface area contributed by atoms with E-state index in [9.17, 15) is 0 Å². The first-order valence-electron chi connectivity index (χ1n) is 20.3. The van der Waals surface area contributed by atoms with Crippen molar-refractivity contribution in [3.8, 4) is 0 Å². The molecular weight excluding hydrogens is 559 g/mol. The van der Waals surface area contributed by atoms with Gasteiger partial charge in [0.1, 0.15) is 0 Å². The highest BCUT2D eigenvalue weighted by atomic mass is 31.1. The Morgan fingerprint density at radius 2 is 0.318 bits per heavy atom. The van der Waals surface area contributed by atoms with Crippen molar-refractivity contribution < 1.29 is 14.4 Å². The lowest BCUT2D eigenvalue weighted by Crippen LogP contribution is -1.77. The molecule has 0 aliphatic rings. The smallest absolute Gasteiger partial charge is 0.314 e. The van der Waals surface area contributed by atoms with E-state index >= 15 is 0 Å². The second kappa shape index (κ2) is 62.0. The standard InChI is InChI=1S/4C10H22.H3O3P/c4*1-3-5-7-9-10-8-6-4-2;1-4(2)3/h4*3-10H2,1-2H3;4H,(H2,1,2,3). The highest BCUT2D eigenvalue weighted by Gasteiger charge is 1.90. The average Bonchev–Trinajstić information content (AvgIpc) is 3.01. The van der Waals surface area contributed by atoms with Gasteiger partial charge in [0.05, 0.1) is 0 Å². The molecule has 2 N–H and O–H groups in total. The molecule has 0 radical (unpaired) electrons. The van der Waals surface area contributed by atoms with Crippen molar-refractivity contribution in [1.29, 1.82) is 0 Å². The van der Waals surface area contributed by atoms with Gasteiger partial charge in [-0.1, -0.05) is 261 Å². The van der Waals surface area contributed by atoms with Gasteiger partial charge in [-0.2, -0.15) is 0 Å². The SMILES string of the molecule is CCCCCCCCCC.CCCCCCCCCC.CCCCCCCCCC.CCCCCCCCCC.O=[PH](O)O. The zero-order valence-corrected chi connectivity index (χ0v) is 33.4. The van der Waals surface area contributed by atoms with Crippen LogP contribution in [0.25, 0.3) is 0 Å². The number of hydrogen-bond donors (Lipinski definition) is 2. The van der Waals surface area contributed by atoms with Gasteiger partial charge in [-0.05, 0) is 0 Å². The van der Waals surface area contributed by atoms with E-state index in [2.05, 4.69) is 55.4 Å². The Labute approximate surface area is 282 Å². The van der Waals surface area contributed by atoms with Crippen LogP contribution in [0.15, 0.2) is 0 Å². The first-order chi connectivity index (χ1) is 21.4. The summed E-state index contributed by atoms with van der Waals surface area (Å²) in [6.07, 6.45) is 45.8. The van der Waals surface area contributed by atoms with Crippen LogP contribution in [-0.4, -0.2) is 9.79 Å². The van der Waals surface area contributed by atoms with Gasteiger partial charge in [-0.25, -0.2) is 0 Å². The predicted octanol–water partition coefficient (Wildman–Crippen LogP) is 15.9. The Hall–Kier alpha value is 0.150. The lowest BCUT2D eigenvalue weighted by Gasteiger charge is -1.97. The number of unbranched alkanes of at least 4 members (excludes halogenated alkanes) is 28. The van der Waals surface area contributed by atoms with E-state index in [4.69, 9.17) is 14.4 Å². The first kappa shape index (κ1) is 53.6. The molecule has 0 amide bonds. The number of hydrogen-bond acceptors (Lipinski definition) is 1. The van der Waals surface area contributed by atoms with Crippen molar-refractivity contribution >= 4 is 8.25 Å². The van der Waals surface area contributed by atoms with Crippen LogP contribution in [0.2, 0.25) is 0 Å². The van der Waals surface area contributed by atoms with Crippen molar-refractivity contribution in [2.24, 2.45) is 0 Å². The molecule has 0 aromatic rings. The van der Waals surface area contributed by atoms with Crippen LogP contribution in [0.5, 0.6) is 0 Å². The lowest BCUT2D eigenvalue weighted by atomic mass is 10.1. The molecule has 0 aromatic carbocycles. The van der Waals surface area contributed by atoms with Crippen LogP contribution in [0.4, 0.5) is 0 Å². The monoisotopic (exact) mass is 651 g/mol. The highest BCUT2D eigenvalue weighted by Crippen LogP contribution is 2.10. The van der Waals surface area contributed by atoms with Gasteiger partial charge in [0.2, 0.25) is 0 Å². The van der Waals surface area contributed by atoms with Gasteiger partial charge in [0.25, 0.3) is 0 Å². The van der Waals surface area contributed by atoms with Crippen LogP contribution in [0.1, 0.15) is 261 Å². The summed E-state index contributed by atoms with van der Waals surface area (Å²) in [4.78, 5) is 14.3. The summed E-state index contributed by atoms with van der Waals surface area (Å²) in [6, 6.07) is 0. The maximum Gasteiger partial charge on any atom is 0.314 e. The molecule has 0 saturated heterocycles. The normalized spacial score (nSPS) is 10.1.